The van der Waals surface area contributed by atoms with Crippen LogP contribution in [0.1, 0.15) is 27.0 Å². The van der Waals surface area contributed by atoms with E-state index in [0.29, 0.717) is 49.0 Å². The summed E-state index contributed by atoms with van der Waals surface area (Å²) in [6.07, 6.45) is 0. The molecule has 2 heterocycles. The molecule has 7 nitrogen and oxygen atoms in total. The fourth-order valence-corrected chi connectivity index (χ4v) is 9.28. The van der Waals surface area contributed by atoms with Crippen LogP contribution in [-0.4, -0.2) is 172 Å². The molecule has 2 aliphatic rings. The molecule has 2 aromatic carbocycles. The molecule has 1 unspecified atom stereocenters. The minimum atomic E-state index is -3.87. The molecule has 1 N–H and O–H groups in total. The van der Waals surface area contributed by atoms with Crippen LogP contribution in [-0.2, 0) is 31.0 Å². The quantitative estimate of drug-likeness (QED) is 0.255. The third kappa shape index (κ3) is 4.98. The van der Waals surface area contributed by atoms with Crippen molar-refractivity contribution >= 4 is 207 Å². The van der Waals surface area contributed by atoms with Gasteiger partial charge in [-0.15, -0.1) is 0 Å². The lowest BCUT2D eigenvalue weighted by atomic mass is 9.20. The molecular formula is C22H35B17ClF2N3O4. The number of nitrogens with zero attached hydrogens (tertiary/aromatic N) is 2. The maximum Gasteiger partial charge on any atom is 0.348 e. The van der Waals surface area contributed by atoms with Gasteiger partial charge in [-0.3, -0.25) is 19.2 Å². The van der Waals surface area contributed by atoms with E-state index in [4.69, 9.17) is 11.6 Å². The zero-order valence-corrected chi connectivity index (χ0v) is 32.9. The molecule has 27 heteroatoms. The Bertz CT molecular complexity index is 1880. The molecule has 1 fully saturated rings. The van der Waals surface area contributed by atoms with E-state index < -0.39 is 44.3 Å². The number of fused-ring (bicyclic) bond motifs is 1. The number of hydrogen-bond acceptors (Lipinski definition) is 4. The SMILES string of the molecule is Bc1c(B)c(C(F)(F)C(=O)NC(B)(B)c2c(B)c(B)c3c(c2B)C(B)(B)N(C2(B)C(=O)N(B)C(=O)C(B)(B)C2(B)B)C3=O)c(B)c(B)c1Cl. The lowest BCUT2D eigenvalue weighted by Gasteiger charge is -2.64. The molecule has 2 aliphatic heterocycles. The van der Waals surface area contributed by atoms with E-state index in [-0.39, 0.29) is 28.3 Å². The van der Waals surface area contributed by atoms with Gasteiger partial charge in [-0.2, -0.15) is 8.78 Å². The summed E-state index contributed by atoms with van der Waals surface area (Å²) in [5, 5.41) is -1.32. The third-order valence-corrected chi connectivity index (χ3v) is 13.4. The van der Waals surface area contributed by atoms with E-state index >= 15 is 8.78 Å². The summed E-state index contributed by atoms with van der Waals surface area (Å²) in [6.45, 7) is 0. The minimum absolute atomic E-state index is 0.261. The van der Waals surface area contributed by atoms with Crippen LogP contribution < -0.4 is 43.6 Å². The molecular weight excluding hydrogens is 628 g/mol. The minimum Gasteiger partial charge on any atom is -0.357 e. The van der Waals surface area contributed by atoms with Gasteiger partial charge in [0, 0.05) is 26.8 Å². The summed E-state index contributed by atoms with van der Waals surface area (Å²) in [7, 11) is 29.5. The van der Waals surface area contributed by atoms with E-state index in [9.17, 15) is 19.2 Å². The van der Waals surface area contributed by atoms with E-state index in [0.717, 1.165) is 4.81 Å². The highest BCUT2D eigenvalue weighted by Gasteiger charge is 2.68. The Hall–Kier alpha value is -2.23. The van der Waals surface area contributed by atoms with Crippen molar-refractivity contribution < 1.29 is 28.0 Å². The van der Waals surface area contributed by atoms with E-state index in [1.165, 1.54) is 7.98 Å². The Morgan fingerprint density at radius 2 is 1.16 bits per heavy atom. The molecule has 234 valence electrons. The van der Waals surface area contributed by atoms with Crippen LogP contribution in [0, 0.1) is 0 Å². The number of rotatable bonds is 5. The van der Waals surface area contributed by atoms with Crippen LogP contribution in [0.3, 0.4) is 0 Å². The van der Waals surface area contributed by atoms with Crippen LogP contribution in [0.2, 0.25) is 15.5 Å². The van der Waals surface area contributed by atoms with Gasteiger partial charge in [0.2, 0.25) is 19.8 Å². The van der Waals surface area contributed by atoms with Crippen LogP contribution in [0.25, 0.3) is 0 Å². The first kappa shape index (κ1) is 39.6. The summed E-state index contributed by atoms with van der Waals surface area (Å²) in [5.74, 6) is -6.46. The molecule has 0 bridgehead atoms. The predicted molar refractivity (Wildman–Crippen MR) is 242 cm³/mol. The highest BCUT2D eigenvalue weighted by molar-refractivity contribution is 6.69. The highest BCUT2D eigenvalue weighted by Crippen LogP contribution is 2.58. The van der Waals surface area contributed by atoms with E-state index in [2.05, 4.69) is 5.32 Å². The predicted octanol–water partition coefficient (Wildman–Crippen LogP) is -19.7. The van der Waals surface area contributed by atoms with Crippen LogP contribution >= 0.6 is 11.6 Å². The number of nitrogens with one attached hydrogen (secondary N) is 1. The number of halogens is 3. The first-order valence-electron chi connectivity index (χ1n) is 16.7. The van der Waals surface area contributed by atoms with Gasteiger partial charge in [-0.05, 0) is 10.8 Å². The van der Waals surface area contributed by atoms with Crippen LogP contribution in [0.15, 0.2) is 0 Å². The molecule has 0 aliphatic carbocycles. The smallest absolute Gasteiger partial charge is 0.348 e. The van der Waals surface area contributed by atoms with Crippen molar-refractivity contribution in [2.24, 2.45) is 0 Å². The number of alkyl halides is 2. The van der Waals surface area contributed by atoms with E-state index in [1.807, 2.05) is 54.9 Å². The van der Waals surface area contributed by atoms with Gasteiger partial charge in [-0.1, -0.05) is 60.6 Å². The number of imide groups is 1. The summed E-state index contributed by atoms with van der Waals surface area (Å²) < 4.78 is 32.5. The van der Waals surface area contributed by atoms with Crippen molar-refractivity contribution in [3.8, 4) is 0 Å². The number of hydrogen-bond donors (Lipinski definition) is 1. The van der Waals surface area contributed by atoms with Gasteiger partial charge >= 0.3 is 5.92 Å². The highest BCUT2D eigenvalue weighted by atomic mass is 35.5. The van der Waals surface area contributed by atoms with Crippen molar-refractivity contribution in [1.82, 2.24) is 15.0 Å². The molecule has 4 amide bonds. The number of carbonyl (C=O) groups excluding carboxylic acids is 4. The lowest BCUT2D eigenvalue weighted by Crippen LogP contribution is -2.78. The van der Waals surface area contributed by atoms with E-state index in [1.54, 1.807) is 75.5 Å². The first-order chi connectivity index (χ1) is 21.9. The average molecular weight is 663 g/mol. The Kier molecular flexibility index (Phi) is 9.40. The fraction of sp³-hybridized carbons (Fsp3) is 0.273. The second kappa shape index (κ2) is 11.6. The monoisotopic (exact) mass is 665 g/mol. The van der Waals surface area contributed by atoms with Crippen LogP contribution in [0.5, 0.6) is 0 Å². The average Bonchev–Trinajstić information content (AvgIpc) is 3.19. The molecule has 2 aromatic rings. The molecule has 0 radical (unpaired) electrons. The topological polar surface area (TPSA) is 86.8 Å². The standard InChI is InChI=1S/C22H35B17ClF2N3O4/c23-5-1-2(21(35,36)45(13(1)46)19(32)16(49)44(39)15(48)18(30,31)22(19,37)38)6(24)4(9(5)27)20(33,34)43-14(47)17(41,42)3-7(25)10(28)12(40)11(29)8(3)26/h23-39H2,(H,43,47). The van der Waals surface area contributed by atoms with Gasteiger partial charge < -0.3 is 15.0 Å². The third-order valence-electron chi connectivity index (χ3n) is 12.9. The first-order valence-corrected chi connectivity index (χ1v) is 17.1. The van der Waals surface area contributed by atoms with Gasteiger partial charge in [0.1, 0.15) is 126 Å². The molecule has 0 aromatic heterocycles. The number of carbonyl (C=O) groups is 4. The number of amides is 4. The Balaban J connectivity index is 1.91. The summed E-state index contributed by atoms with van der Waals surface area (Å²) in [6, 6.07) is 0. The summed E-state index contributed by atoms with van der Waals surface area (Å²) in [4.78, 5) is 58.8. The second-order valence-electron chi connectivity index (χ2n) is 16.5. The lowest BCUT2D eigenvalue weighted by molar-refractivity contribution is -0.150. The molecule has 0 spiro atoms. The van der Waals surface area contributed by atoms with Crippen molar-refractivity contribution in [1.29, 1.82) is 0 Å². The molecule has 1 atom stereocenters. The van der Waals surface area contributed by atoms with Crippen LogP contribution in [0.4, 0.5) is 8.78 Å². The number of piperidine rings is 1. The Labute approximate surface area is 308 Å². The maximum atomic E-state index is 16.2. The Morgan fingerprint density at radius 1 is 0.714 bits per heavy atom. The van der Waals surface area contributed by atoms with Gasteiger partial charge in [0.25, 0.3) is 11.8 Å². The molecule has 1 saturated heterocycles. The van der Waals surface area contributed by atoms with Crippen molar-refractivity contribution in [3.05, 3.63) is 27.3 Å². The van der Waals surface area contributed by atoms with Gasteiger partial charge in [0.15, 0.2) is 0 Å². The fourth-order valence-electron chi connectivity index (χ4n) is 9.00. The Morgan fingerprint density at radius 3 is 1.63 bits per heavy atom. The normalized spacial score (nSPS) is 21.4. The van der Waals surface area contributed by atoms with Crippen molar-refractivity contribution in [2.75, 3.05) is 0 Å². The largest absolute Gasteiger partial charge is 0.357 e. The summed E-state index contributed by atoms with van der Waals surface area (Å²) in [5.41, 5.74) is 3.38. The number of benzene rings is 2. The van der Waals surface area contributed by atoms with Gasteiger partial charge in [-0.25, -0.2) is 0 Å². The van der Waals surface area contributed by atoms with Crippen molar-refractivity contribution in [3.63, 3.8) is 0 Å². The summed E-state index contributed by atoms with van der Waals surface area (Å²) >= 11 is 6.42. The second-order valence-corrected chi connectivity index (χ2v) is 16.9. The zero-order chi connectivity index (χ0) is 38.1. The van der Waals surface area contributed by atoms with Crippen molar-refractivity contribution in [2.45, 2.75) is 32.5 Å². The van der Waals surface area contributed by atoms with Gasteiger partial charge in [0.05, 0.1) is 5.44 Å². The molecule has 49 heavy (non-hydrogen) atoms. The maximum absolute atomic E-state index is 16.2. The zero-order valence-electron chi connectivity index (χ0n) is 32.2. The molecule has 4 rings (SSSR count). The molecule has 0 saturated carbocycles.